The van der Waals surface area contributed by atoms with E-state index >= 15 is 0 Å². The summed E-state index contributed by atoms with van der Waals surface area (Å²) in [4.78, 5) is 39.6. The van der Waals surface area contributed by atoms with E-state index in [1.807, 2.05) is 30.3 Å². The Morgan fingerprint density at radius 2 is 1.44 bits per heavy atom. The van der Waals surface area contributed by atoms with Gasteiger partial charge in [-0.05, 0) is 30.3 Å². The molecule has 0 aliphatic carbocycles. The summed E-state index contributed by atoms with van der Waals surface area (Å²) in [7, 11) is 0. The lowest BCUT2D eigenvalue weighted by molar-refractivity contribution is -0.143. The van der Waals surface area contributed by atoms with Crippen LogP contribution in [0, 0.1) is 0 Å². The van der Waals surface area contributed by atoms with E-state index in [1.165, 1.54) is 6.92 Å². The monoisotopic (exact) mass is 366 g/mol. The lowest BCUT2D eigenvalue weighted by atomic mass is 10.2. The Morgan fingerprint density at radius 1 is 0.815 bits per heavy atom. The van der Waals surface area contributed by atoms with Crippen molar-refractivity contribution in [2.75, 3.05) is 41.7 Å². The molecule has 7 nitrogen and oxygen atoms in total. The lowest BCUT2D eigenvalue weighted by Crippen LogP contribution is -2.51. The summed E-state index contributed by atoms with van der Waals surface area (Å²) >= 11 is 0. The fraction of sp³-hybridized carbons (Fsp3) is 0.250. The van der Waals surface area contributed by atoms with E-state index in [4.69, 9.17) is 0 Å². The topological polar surface area (TPSA) is 81.8 Å². The molecule has 2 aromatic rings. The van der Waals surface area contributed by atoms with Gasteiger partial charge < -0.3 is 20.4 Å². The van der Waals surface area contributed by atoms with Crippen molar-refractivity contribution < 1.29 is 14.4 Å². The van der Waals surface area contributed by atoms with E-state index in [0.717, 1.165) is 5.69 Å². The van der Waals surface area contributed by atoms with Crippen molar-refractivity contribution in [1.82, 2.24) is 4.90 Å². The molecule has 0 bridgehead atoms. The molecule has 0 radical (unpaired) electrons. The zero-order chi connectivity index (χ0) is 19.2. The number of hydrogen-bond donors (Lipinski definition) is 2. The predicted molar refractivity (Wildman–Crippen MR) is 105 cm³/mol. The Hall–Kier alpha value is -3.35. The number of nitrogens with one attached hydrogen (secondary N) is 2. The number of piperazine rings is 1. The quantitative estimate of drug-likeness (QED) is 0.814. The highest BCUT2D eigenvalue weighted by Crippen LogP contribution is 2.17. The third-order valence-electron chi connectivity index (χ3n) is 4.32. The summed E-state index contributed by atoms with van der Waals surface area (Å²) < 4.78 is 0. The first-order valence-electron chi connectivity index (χ1n) is 8.81. The van der Waals surface area contributed by atoms with Crippen LogP contribution in [-0.2, 0) is 14.4 Å². The minimum Gasteiger partial charge on any atom is -0.368 e. The van der Waals surface area contributed by atoms with Crippen LogP contribution < -0.4 is 15.5 Å². The van der Waals surface area contributed by atoms with Crippen LogP contribution in [0.4, 0.5) is 17.1 Å². The van der Waals surface area contributed by atoms with E-state index in [1.54, 1.807) is 29.2 Å². The molecule has 2 N–H and O–H groups in total. The summed E-state index contributed by atoms with van der Waals surface area (Å²) in [5.41, 5.74) is 2.13. The van der Waals surface area contributed by atoms with Gasteiger partial charge in [-0.25, -0.2) is 0 Å². The third-order valence-corrected chi connectivity index (χ3v) is 4.32. The highest BCUT2D eigenvalue weighted by atomic mass is 16.2. The molecule has 3 amide bonds. The van der Waals surface area contributed by atoms with E-state index in [2.05, 4.69) is 15.5 Å². The van der Waals surface area contributed by atoms with Crippen molar-refractivity contribution in [3.63, 3.8) is 0 Å². The standard InChI is InChI=1S/C20H22N4O3/c1-15(25)21-16-6-5-7-17(14-16)22-19(26)20(27)24-12-10-23(11-13-24)18-8-3-2-4-9-18/h2-9,14H,10-13H2,1H3,(H,21,25)(H,22,26). The molecule has 3 rings (SSSR count). The van der Waals surface area contributed by atoms with Gasteiger partial charge in [0.2, 0.25) is 5.91 Å². The number of anilines is 3. The van der Waals surface area contributed by atoms with Crippen molar-refractivity contribution in [3.8, 4) is 0 Å². The smallest absolute Gasteiger partial charge is 0.313 e. The van der Waals surface area contributed by atoms with Gasteiger partial charge in [0.25, 0.3) is 0 Å². The molecule has 0 spiro atoms. The van der Waals surface area contributed by atoms with Gasteiger partial charge in [0.1, 0.15) is 0 Å². The second kappa shape index (κ2) is 8.35. The van der Waals surface area contributed by atoms with Crippen LogP contribution in [0.1, 0.15) is 6.92 Å². The molecule has 0 atom stereocenters. The van der Waals surface area contributed by atoms with Gasteiger partial charge in [-0.3, -0.25) is 14.4 Å². The Kier molecular flexibility index (Phi) is 5.71. The van der Waals surface area contributed by atoms with Crippen LogP contribution in [0.5, 0.6) is 0 Å². The second-order valence-corrected chi connectivity index (χ2v) is 6.33. The number of carbonyl (C=O) groups is 3. The van der Waals surface area contributed by atoms with Crippen LogP contribution >= 0.6 is 0 Å². The number of nitrogens with zero attached hydrogens (tertiary/aromatic N) is 2. The molecule has 1 aliphatic heterocycles. The van der Waals surface area contributed by atoms with Crippen LogP contribution in [0.3, 0.4) is 0 Å². The largest absolute Gasteiger partial charge is 0.368 e. The lowest BCUT2D eigenvalue weighted by Gasteiger charge is -2.35. The molecule has 0 saturated carbocycles. The first-order chi connectivity index (χ1) is 13.0. The van der Waals surface area contributed by atoms with Gasteiger partial charge in [0, 0.05) is 50.2 Å². The number of hydrogen-bond acceptors (Lipinski definition) is 4. The fourth-order valence-electron chi connectivity index (χ4n) is 3.01. The predicted octanol–water partition coefficient (Wildman–Crippen LogP) is 1.93. The van der Waals surface area contributed by atoms with Gasteiger partial charge in [0.05, 0.1) is 0 Å². The second-order valence-electron chi connectivity index (χ2n) is 6.33. The minimum atomic E-state index is -0.678. The fourth-order valence-corrected chi connectivity index (χ4v) is 3.01. The maximum Gasteiger partial charge on any atom is 0.313 e. The van der Waals surface area contributed by atoms with Crippen molar-refractivity contribution in [3.05, 3.63) is 54.6 Å². The Balaban J connectivity index is 1.55. The van der Waals surface area contributed by atoms with Crippen LogP contribution in [0.25, 0.3) is 0 Å². The molecule has 0 unspecified atom stereocenters. The molecular weight excluding hydrogens is 344 g/mol. The van der Waals surface area contributed by atoms with E-state index < -0.39 is 11.8 Å². The first kappa shape index (κ1) is 18.4. The molecule has 1 heterocycles. The summed E-state index contributed by atoms with van der Waals surface area (Å²) in [5.74, 6) is -1.43. The minimum absolute atomic E-state index is 0.203. The maximum absolute atomic E-state index is 12.4. The number of carbonyl (C=O) groups excluding carboxylic acids is 3. The third kappa shape index (κ3) is 4.84. The summed E-state index contributed by atoms with van der Waals surface area (Å²) in [6.07, 6.45) is 0. The van der Waals surface area contributed by atoms with Crippen LogP contribution in [-0.4, -0.2) is 48.8 Å². The zero-order valence-corrected chi connectivity index (χ0v) is 15.1. The van der Waals surface area contributed by atoms with Crippen molar-refractivity contribution in [2.45, 2.75) is 6.92 Å². The van der Waals surface area contributed by atoms with Crippen molar-refractivity contribution in [2.24, 2.45) is 0 Å². The van der Waals surface area contributed by atoms with Crippen molar-refractivity contribution in [1.29, 1.82) is 0 Å². The van der Waals surface area contributed by atoms with Crippen molar-refractivity contribution >= 4 is 34.8 Å². The molecule has 2 aromatic carbocycles. The van der Waals surface area contributed by atoms with Gasteiger partial charge >= 0.3 is 11.8 Å². The van der Waals surface area contributed by atoms with Gasteiger partial charge in [-0.1, -0.05) is 24.3 Å². The molecule has 7 heteroatoms. The SMILES string of the molecule is CC(=O)Nc1cccc(NC(=O)C(=O)N2CCN(c3ccccc3)CC2)c1. The molecule has 140 valence electrons. The van der Waals surface area contributed by atoms with Crippen LogP contribution in [0.2, 0.25) is 0 Å². The summed E-state index contributed by atoms with van der Waals surface area (Å²) in [6.45, 7) is 3.76. The Labute approximate surface area is 158 Å². The number of amides is 3. The number of para-hydroxylation sites is 1. The summed E-state index contributed by atoms with van der Waals surface area (Å²) in [5, 5.41) is 5.24. The molecular formula is C20H22N4O3. The summed E-state index contributed by atoms with van der Waals surface area (Å²) in [6, 6.07) is 16.7. The van der Waals surface area contributed by atoms with E-state index in [9.17, 15) is 14.4 Å². The van der Waals surface area contributed by atoms with E-state index in [-0.39, 0.29) is 5.91 Å². The average molecular weight is 366 g/mol. The molecule has 1 aliphatic rings. The molecule has 27 heavy (non-hydrogen) atoms. The first-order valence-corrected chi connectivity index (χ1v) is 8.81. The van der Waals surface area contributed by atoms with Crippen LogP contribution in [0.15, 0.2) is 54.6 Å². The highest BCUT2D eigenvalue weighted by molar-refractivity contribution is 6.39. The normalized spacial score (nSPS) is 13.8. The van der Waals surface area contributed by atoms with E-state index in [0.29, 0.717) is 37.6 Å². The number of benzene rings is 2. The highest BCUT2D eigenvalue weighted by Gasteiger charge is 2.26. The van der Waals surface area contributed by atoms with Gasteiger partial charge in [0.15, 0.2) is 0 Å². The maximum atomic E-state index is 12.4. The molecule has 0 aromatic heterocycles. The molecule has 1 saturated heterocycles. The zero-order valence-electron chi connectivity index (χ0n) is 15.1. The number of rotatable bonds is 3. The molecule has 1 fully saturated rings. The Bertz CT molecular complexity index is 830. The Morgan fingerprint density at radius 3 is 2.07 bits per heavy atom. The average Bonchev–Trinajstić information content (AvgIpc) is 2.68. The van der Waals surface area contributed by atoms with Gasteiger partial charge in [-0.15, -0.1) is 0 Å². The van der Waals surface area contributed by atoms with Gasteiger partial charge in [-0.2, -0.15) is 0 Å².